The molecule has 9 aromatic rings. The minimum absolute atomic E-state index is 0.00487. The lowest BCUT2D eigenvalue weighted by Gasteiger charge is -2.51. The number of hydrogen-bond donors (Lipinski definition) is 0. The van der Waals surface area contributed by atoms with Crippen LogP contribution in [0.15, 0.2) is 273 Å². The average molecular weight is 1520 g/mol. The molecule has 16 atom stereocenters. The summed E-state index contributed by atoms with van der Waals surface area (Å²) < 4.78 is 121. The summed E-state index contributed by atoms with van der Waals surface area (Å²) in [6, 6.07) is 88.0. The molecular formula is C89H103NO19P+2. The fraction of sp³-hybridized carbons (Fsp3) is 0.382. The normalized spacial score (nSPS) is 24.5. The molecule has 0 spiro atoms. The van der Waals surface area contributed by atoms with Gasteiger partial charge in [-0.25, -0.2) is 0 Å². The highest BCUT2D eigenvalue weighted by molar-refractivity contribution is 7.38. The summed E-state index contributed by atoms with van der Waals surface area (Å²) in [5, 5.41) is 0. The summed E-state index contributed by atoms with van der Waals surface area (Å²) in [5.41, 5.74) is 7.82. The molecule has 0 N–H and O–H groups in total. The molecule has 2 unspecified atom stereocenters. The van der Waals surface area contributed by atoms with E-state index in [2.05, 4.69) is 0 Å². The van der Waals surface area contributed by atoms with Crippen molar-refractivity contribution in [2.75, 3.05) is 39.5 Å². The zero-order valence-corrected chi connectivity index (χ0v) is 64.0. The van der Waals surface area contributed by atoms with Crippen LogP contribution in [0.1, 0.15) is 77.8 Å². The van der Waals surface area contributed by atoms with Crippen LogP contribution in [0.5, 0.6) is 0 Å². The van der Waals surface area contributed by atoms with Crippen LogP contribution in [0.25, 0.3) is 0 Å². The van der Waals surface area contributed by atoms with E-state index >= 15 is 4.89 Å². The highest BCUT2D eigenvalue weighted by Crippen LogP contribution is 2.44. The molecule has 0 aliphatic carbocycles. The van der Waals surface area contributed by atoms with Crippen LogP contribution in [0, 0.1) is 0 Å². The number of benzene rings is 9. The van der Waals surface area contributed by atoms with Crippen LogP contribution in [0.3, 0.4) is 0 Å². The molecule has 20 nitrogen and oxygen atoms in total. The van der Waals surface area contributed by atoms with Crippen LogP contribution >= 0.6 is 8.60 Å². The third-order valence-corrected chi connectivity index (χ3v) is 20.7. The predicted molar refractivity (Wildman–Crippen MR) is 412 cm³/mol. The molecule has 3 fully saturated rings. The Bertz CT molecular complexity index is 4000. The number of quaternary nitrogens is 1. The molecule has 110 heavy (non-hydrogen) atoms. The van der Waals surface area contributed by atoms with Gasteiger partial charge < -0.3 is 75.9 Å². The molecule has 3 saturated heterocycles. The molecule has 9 aromatic carbocycles. The van der Waals surface area contributed by atoms with Crippen molar-refractivity contribution in [2.24, 2.45) is 0 Å². The first-order chi connectivity index (χ1) is 54.1. The molecule has 3 aliphatic rings. The van der Waals surface area contributed by atoms with Crippen molar-refractivity contribution < 1.29 is 94.5 Å². The second-order valence-electron chi connectivity index (χ2n) is 27.4. The standard InChI is InChI=1S/C89H103NO19P/c1-5-90(6-2,7-3)109-110(92)108-89-86(83(101-61-74-51-33-16-34-52-74)80(98-58-71-45-27-13-28-46-71)77(105-89)64-95-55-68-39-21-10-22-40-68)107-88-85(82(100-60-73-49-31-15-32-50-73)79(97-57-70-43-25-12-26-44-70)76(104-88)63-94-54-67-37-19-9-20-38-67)106-87-84(102-65(4)91)81(99-59-72-47-29-14-30-48-72)78(96-56-69-41-23-11-24-42-69)75(103-87)62-93-53-66-35-17-8-18-36-66/h8-52,75-89,110H,5-7,53-64H2,1-4H3/q+2/t75-,76-,77-,78-,79-,80-,81+,82+,83+,84+,85+,86+,87+,88+,89?/m1/s1. The Hall–Kier alpha value is -7.84. The van der Waals surface area contributed by atoms with Gasteiger partial charge in [0.1, 0.15) is 80.7 Å². The fourth-order valence-electron chi connectivity index (χ4n) is 13.8. The van der Waals surface area contributed by atoms with Crippen molar-refractivity contribution in [3.8, 4) is 0 Å². The van der Waals surface area contributed by atoms with Gasteiger partial charge in [0.2, 0.25) is 12.6 Å². The first-order valence-electron chi connectivity index (χ1n) is 38.1. The van der Waals surface area contributed by atoms with Gasteiger partial charge in [0.25, 0.3) is 14.7 Å². The zero-order valence-electron chi connectivity index (χ0n) is 63.0. The number of hydrogen-bond acceptors (Lipinski definition) is 19. The fourth-order valence-corrected chi connectivity index (χ4v) is 14.9. The number of carbonyl (C=O) groups is 1. The highest BCUT2D eigenvalue weighted by Gasteiger charge is 2.60. The van der Waals surface area contributed by atoms with Crippen LogP contribution < -0.4 is 4.89 Å². The number of nitrogens with zero attached hydrogens (tertiary/aromatic N) is 1. The van der Waals surface area contributed by atoms with Gasteiger partial charge in [-0.05, 0) is 75.5 Å². The molecule has 1 radical (unpaired) electrons. The van der Waals surface area contributed by atoms with E-state index in [1.54, 1.807) is 0 Å². The van der Waals surface area contributed by atoms with E-state index in [0.717, 1.165) is 50.1 Å². The number of rotatable bonds is 42. The lowest BCUT2D eigenvalue weighted by atomic mass is 9.95. The third-order valence-electron chi connectivity index (χ3n) is 19.8. The number of ether oxygens (including phenoxy) is 15. The lowest BCUT2D eigenvalue weighted by Crippen LogP contribution is -2.68. The molecule has 12 rings (SSSR count). The maximum Gasteiger partial charge on any atom is 0.571 e. The Kier molecular flexibility index (Phi) is 32.1. The van der Waals surface area contributed by atoms with E-state index < -0.39 is 107 Å². The van der Waals surface area contributed by atoms with Crippen molar-refractivity contribution in [3.63, 3.8) is 0 Å². The van der Waals surface area contributed by atoms with Gasteiger partial charge in [-0.15, -0.1) is 4.65 Å². The monoisotopic (exact) mass is 1520 g/mol. The van der Waals surface area contributed by atoms with E-state index in [-0.39, 0.29) is 83.9 Å². The molecule has 0 saturated carbocycles. The Morgan fingerprint density at radius 3 is 0.809 bits per heavy atom. The molecule has 581 valence electrons. The Morgan fingerprint density at radius 2 is 0.545 bits per heavy atom. The van der Waals surface area contributed by atoms with Crippen molar-refractivity contribution in [1.82, 2.24) is 0 Å². The van der Waals surface area contributed by atoms with Crippen molar-refractivity contribution >= 4 is 14.6 Å². The smallest absolute Gasteiger partial charge is 0.571 e. The first kappa shape index (κ1) is 81.6. The number of hydroxylamine groups is 3. The minimum Gasteiger partial charge on any atom is -0.628 e. The summed E-state index contributed by atoms with van der Waals surface area (Å²) in [4.78, 5) is 29.5. The van der Waals surface area contributed by atoms with Crippen LogP contribution in [-0.2, 0) is 144 Å². The van der Waals surface area contributed by atoms with Crippen molar-refractivity contribution in [2.45, 2.75) is 179 Å². The average Bonchev–Trinajstić information content (AvgIpc) is 0.759. The van der Waals surface area contributed by atoms with Gasteiger partial charge in [0.05, 0.1) is 86.2 Å². The van der Waals surface area contributed by atoms with Gasteiger partial charge in [0, 0.05) is 4.79 Å². The maximum atomic E-state index is 15.3. The SMILES string of the molecule is CC[N+](CC)(CC)O[PH+]([O-])OC1O[C@H](COCc2ccccc2)[C@@H](OCc2ccccc2)[C@H](OCc2ccccc2)[C@@H]1O[C@@H]1O[C@H](COCc2ccccc2)[C@@H](OCc2ccccc2)[C@H](OCc2ccccc2)[C@@H]1O[C@@H]1O[C@H](COCc2ccccc2)[C@@H](OCc2ccccc2)[C@H](OCc2ccccc2)[C@@H]1OC(C)=[O+]. The van der Waals surface area contributed by atoms with Crippen molar-refractivity contribution in [1.29, 1.82) is 0 Å². The summed E-state index contributed by atoms with van der Waals surface area (Å²) in [5.74, 6) is -0.665. The molecule has 0 aromatic heterocycles. The zero-order chi connectivity index (χ0) is 76.0. The van der Waals surface area contributed by atoms with Gasteiger partial charge in [0.15, 0.2) is 12.4 Å². The van der Waals surface area contributed by atoms with Crippen LogP contribution in [0.2, 0.25) is 0 Å². The van der Waals surface area contributed by atoms with Gasteiger partial charge in [-0.3, -0.25) is 0 Å². The molecule has 21 heteroatoms. The molecular weight excluding hydrogens is 1420 g/mol. The van der Waals surface area contributed by atoms with Gasteiger partial charge in [-0.1, -0.05) is 273 Å². The molecule has 3 aliphatic heterocycles. The van der Waals surface area contributed by atoms with E-state index in [1.807, 2.05) is 294 Å². The second-order valence-corrected chi connectivity index (χ2v) is 28.4. The minimum atomic E-state index is -3.55. The van der Waals surface area contributed by atoms with E-state index in [9.17, 15) is 4.79 Å². The van der Waals surface area contributed by atoms with E-state index in [0.29, 0.717) is 19.6 Å². The largest absolute Gasteiger partial charge is 0.628 e. The Labute approximate surface area is 647 Å². The van der Waals surface area contributed by atoms with Crippen LogP contribution in [-0.4, -0.2) is 142 Å². The highest BCUT2D eigenvalue weighted by atomic mass is 31.2. The summed E-state index contributed by atoms with van der Waals surface area (Å²) in [6.45, 7) is 9.48. The van der Waals surface area contributed by atoms with Crippen molar-refractivity contribution in [3.05, 3.63) is 323 Å². The Balaban J connectivity index is 1.03. The quantitative estimate of drug-likeness (QED) is 0.0115. The topological polar surface area (TPSA) is 200 Å². The summed E-state index contributed by atoms with van der Waals surface area (Å²) in [7, 11) is -3.55. The predicted octanol–water partition coefficient (Wildman–Crippen LogP) is 14.2. The van der Waals surface area contributed by atoms with Crippen LogP contribution in [0.4, 0.5) is 0 Å². The van der Waals surface area contributed by atoms with E-state index in [4.69, 9.17) is 80.2 Å². The maximum absolute atomic E-state index is 15.3. The molecule has 0 amide bonds. The molecule has 0 bridgehead atoms. The second kappa shape index (κ2) is 43.3. The third kappa shape index (κ3) is 24.1. The summed E-state index contributed by atoms with van der Waals surface area (Å²) >= 11 is 0. The number of carbonyl (C=O) groups excluding carboxylic acids is 1. The lowest BCUT2D eigenvalue weighted by molar-refractivity contribution is -1.08. The number of esters is 1. The Morgan fingerprint density at radius 1 is 0.318 bits per heavy atom. The first-order valence-corrected chi connectivity index (χ1v) is 39.3. The van der Waals surface area contributed by atoms with Gasteiger partial charge >= 0.3 is 5.97 Å². The van der Waals surface area contributed by atoms with Gasteiger partial charge in [-0.2, -0.15) is 4.52 Å². The van der Waals surface area contributed by atoms with E-state index in [1.165, 1.54) is 6.92 Å². The molecule has 3 heterocycles. The summed E-state index contributed by atoms with van der Waals surface area (Å²) in [6.07, 6.45) is -18.6.